The Hall–Kier alpha value is -2.09. The van der Waals surface area contributed by atoms with Crippen molar-refractivity contribution in [3.63, 3.8) is 0 Å². The molecule has 1 heterocycles. The van der Waals surface area contributed by atoms with E-state index in [0.717, 1.165) is 5.56 Å². The van der Waals surface area contributed by atoms with E-state index < -0.39 is 0 Å². The van der Waals surface area contributed by atoms with Crippen molar-refractivity contribution < 1.29 is 9.90 Å². The van der Waals surface area contributed by atoms with E-state index in [4.69, 9.17) is 5.11 Å². The lowest BCUT2D eigenvalue weighted by atomic mass is 10.1. The number of nitrogens with one attached hydrogen (secondary N) is 1. The van der Waals surface area contributed by atoms with Gasteiger partial charge < -0.3 is 10.4 Å². The van der Waals surface area contributed by atoms with Gasteiger partial charge in [-0.1, -0.05) is 42.2 Å². The summed E-state index contributed by atoms with van der Waals surface area (Å²) in [5, 5.41) is 13.6. The third kappa shape index (κ3) is 4.19. The van der Waals surface area contributed by atoms with Crippen molar-refractivity contribution in [2.75, 3.05) is 6.61 Å². The maximum Gasteiger partial charge on any atom is 0.263 e. The SMILES string of the molecule is CC(NC(=O)c1sccc1C#CCCO)c1ccccc1. The molecule has 3 nitrogen and oxygen atoms in total. The summed E-state index contributed by atoms with van der Waals surface area (Å²) in [4.78, 5) is 12.9. The van der Waals surface area contributed by atoms with Crippen LogP contribution in [-0.4, -0.2) is 17.6 Å². The number of amides is 1. The van der Waals surface area contributed by atoms with Crippen molar-refractivity contribution in [2.45, 2.75) is 19.4 Å². The minimum atomic E-state index is -0.116. The van der Waals surface area contributed by atoms with Gasteiger partial charge >= 0.3 is 0 Å². The zero-order valence-electron chi connectivity index (χ0n) is 11.8. The summed E-state index contributed by atoms with van der Waals surface area (Å²) in [7, 11) is 0. The van der Waals surface area contributed by atoms with Gasteiger partial charge in [0.2, 0.25) is 0 Å². The second-order valence-corrected chi connectivity index (χ2v) is 5.46. The fourth-order valence-electron chi connectivity index (χ4n) is 1.88. The van der Waals surface area contributed by atoms with Gasteiger partial charge in [-0.15, -0.1) is 11.3 Å². The largest absolute Gasteiger partial charge is 0.395 e. The Kier molecular flexibility index (Phi) is 5.56. The van der Waals surface area contributed by atoms with Gasteiger partial charge in [-0.25, -0.2) is 0 Å². The highest BCUT2D eigenvalue weighted by molar-refractivity contribution is 7.12. The normalized spacial score (nSPS) is 11.3. The number of rotatable bonds is 4. The van der Waals surface area contributed by atoms with Crippen molar-refractivity contribution in [3.05, 3.63) is 57.8 Å². The molecule has 0 aliphatic carbocycles. The molecular weight excluding hydrogens is 282 g/mol. The highest BCUT2D eigenvalue weighted by atomic mass is 32.1. The van der Waals surface area contributed by atoms with E-state index in [1.165, 1.54) is 11.3 Å². The Morgan fingerprint density at radius 2 is 2.10 bits per heavy atom. The average Bonchev–Trinajstić information content (AvgIpc) is 2.97. The third-order valence-corrected chi connectivity index (χ3v) is 3.89. The first-order valence-electron chi connectivity index (χ1n) is 6.75. The summed E-state index contributed by atoms with van der Waals surface area (Å²) in [5.41, 5.74) is 1.78. The maximum atomic E-state index is 12.3. The molecule has 0 radical (unpaired) electrons. The molecule has 21 heavy (non-hydrogen) atoms. The summed E-state index contributed by atoms with van der Waals surface area (Å²) < 4.78 is 0. The molecule has 0 spiro atoms. The molecular formula is C17H17NO2S. The molecule has 1 aromatic heterocycles. The van der Waals surface area contributed by atoms with Crippen LogP contribution in [0.1, 0.15) is 40.2 Å². The molecule has 0 aliphatic rings. The minimum Gasteiger partial charge on any atom is -0.395 e. The van der Waals surface area contributed by atoms with Crippen LogP contribution in [0.4, 0.5) is 0 Å². The van der Waals surface area contributed by atoms with E-state index in [1.54, 1.807) is 0 Å². The molecule has 2 rings (SSSR count). The molecule has 0 fully saturated rings. The smallest absolute Gasteiger partial charge is 0.263 e. The van der Waals surface area contributed by atoms with Gasteiger partial charge in [-0.2, -0.15) is 0 Å². The predicted molar refractivity (Wildman–Crippen MR) is 85.2 cm³/mol. The zero-order chi connectivity index (χ0) is 15.1. The molecule has 0 bridgehead atoms. The molecule has 2 aromatic rings. The Bertz CT molecular complexity index is 652. The van der Waals surface area contributed by atoms with Gasteiger partial charge in [0.15, 0.2) is 0 Å². The number of carbonyl (C=O) groups excluding carboxylic acids is 1. The molecule has 0 aliphatic heterocycles. The molecule has 1 unspecified atom stereocenters. The van der Waals surface area contributed by atoms with Gasteiger partial charge in [0.1, 0.15) is 4.88 Å². The second kappa shape index (κ2) is 7.63. The maximum absolute atomic E-state index is 12.3. The Balaban J connectivity index is 2.08. The fourth-order valence-corrected chi connectivity index (χ4v) is 2.64. The number of thiophene rings is 1. The lowest BCUT2D eigenvalue weighted by Crippen LogP contribution is -2.26. The topological polar surface area (TPSA) is 49.3 Å². The number of carbonyl (C=O) groups is 1. The van der Waals surface area contributed by atoms with Crippen molar-refractivity contribution in [1.82, 2.24) is 5.32 Å². The lowest BCUT2D eigenvalue weighted by molar-refractivity contribution is 0.0944. The van der Waals surface area contributed by atoms with Gasteiger partial charge in [0.05, 0.1) is 12.6 Å². The van der Waals surface area contributed by atoms with Crippen molar-refractivity contribution >= 4 is 17.2 Å². The van der Waals surface area contributed by atoms with Crippen LogP contribution in [0.15, 0.2) is 41.8 Å². The van der Waals surface area contributed by atoms with Gasteiger partial charge in [-0.3, -0.25) is 4.79 Å². The number of hydrogen-bond donors (Lipinski definition) is 2. The third-order valence-electron chi connectivity index (χ3n) is 2.98. The van der Waals surface area contributed by atoms with Gasteiger partial charge in [-0.05, 0) is 23.9 Å². The second-order valence-electron chi connectivity index (χ2n) is 4.54. The van der Waals surface area contributed by atoms with Crippen LogP contribution >= 0.6 is 11.3 Å². The van der Waals surface area contributed by atoms with Crippen LogP contribution in [0.5, 0.6) is 0 Å². The van der Waals surface area contributed by atoms with Gasteiger partial charge in [0.25, 0.3) is 5.91 Å². The molecule has 0 saturated heterocycles. The molecule has 1 amide bonds. The number of aliphatic hydroxyl groups excluding tert-OH is 1. The molecule has 4 heteroatoms. The van der Waals surface area contributed by atoms with E-state index in [0.29, 0.717) is 16.9 Å². The van der Waals surface area contributed by atoms with Crippen LogP contribution in [0.3, 0.4) is 0 Å². The number of hydrogen-bond acceptors (Lipinski definition) is 3. The quantitative estimate of drug-likeness (QED) is 0.853. The van der Waals surface area contributed by atoms with Crippen LogP contribution in [0.25, 0.3) is 0 Å². The summed E-state index contributed by atoms with van der Waals surface area (Å²) >= 11 is 1.38. The average molecular weight is 299 g/mol. The fraction of sp³-hybridized carbons (Fsp3) is 0.235. The Morgan fingerprint density at radius 1 is 1.33 bits per heavy atom. The summed E-state index contributed by atoms with van der Waals surface area (Å²) in [6.45, 7) is 1.99. The molecule has 0 saturated carbocycles. The summed E-state index contributed by atoms with van der Waals surface area (Å²) in [6.07, 6.45) is 0.414. The van der Waals surface area contributed by atoms with E-state index in [-0.39, 0.29) is 18.6 Å². The Labute approximate surface area is 128 Å². The van der Waals surface area contributed by atoms with Crippen molar-refractivity contribution in [3.8, 4) is 11.8 Å². The Morgan fingerprint density at radius 3 is 2.81 bits per heavy atom. The van der Waals surface area contributed by atoms with Gasteiger partial charge in [0, 0.05) is 12.0 Å². The molecule has 1 atom stereocenters. The van der Waals surface area contributed by atoms with Crippen LogP contribution < -0.4 is 5.32 Å². The standard InChI is InChI=1S/C17H17NO2S/c1-13(14-7-3-2-4-8-14)18-17(20)16-15(10-12-21-16)9-5-6-11-19/h2-4,7-8,10,12-13,19H,6,11H2,1H3,(H,18,20). The van der Waals surface area contributed by atoms with Crippen molar-refractivity contribution in [1.29, 1.82) is 0 Å². The number of benzene rings is 1. The van der Waals surface area contributed by atoms with E-state index >= 15 is 0 Å². The zero-order valence-corrected chi connectivity index (χ0v) is 12.6. The highest BCUT2D eigenvalue weighted by Crippen LogP contribution is 2.18. The van der Waals surface area contributed by atoms with E-state index in [2.05, 4.69) is 17.2 Å². The highest BCUT2D eigenvalue weighted by Gasteiger charge is 2.15. The van der Waals surface area contributed by atoms with E-state index in [9.17, 15) is 4.79 Å². The van der Waals surface area contributed by atoms with Crippen molar-refractivity contribution in [2.24, 2.45) is 0 Å². The van der Waals surface area contributed by atoms with E-state index in [1.807, 2.05) is 48.7 Å². The molecule has 108 valence electrons. The van der Waals surface area contributed by atoms with Crippen LogP contribution in [-0.2, 0) is 0 Å². The van der Waals surface area contributed by atoms with Crippen LogP contribution in [0, 0.1) is 11.8 Å². The molecule has 2 N–H and O–H groups in total. The summed E-state index contributed by atoms with van der Waals surface area (Å²) in [5.74, 6) is 5.66. The monoisotopic (exact) mass is 299 g/mol. The first-order chi connectivity index (χ1) is 10.2. The number of aliphatic hydroxyl groups is 1. The first kappa shape index (κ1) is 15.3. The predicted octanol–water partition coefficient (Wildman–Crippen LogP) is 2.97. The lowest BCUT2D eigenvalue weighted by Gasteiger charge is -2.13. The minimum absolute atomic E-state index is 0.0315. The summed E-state index contributed by atoms with van der Waals surface area (Å²) in [6, 6.07) is 11.6. The molecule has 1 aromatic carbocycles. The van der Waals surface area contributed by atoms with Crippen LogP contribution in [0.2, 0.25) is 0 Å². The first-order valence-corrected chi connectivity index (χ1v) is 7.63.